The number of ether oxygens (including phenoxy) is 1. The van der Waals surface area contributed by atoms with Crippen LogP contribution in [-0.4, -0.2) is 35.4 Å². The van der Waals surface area contributed by atoms with Gasteiger partial charge in [-0.25, -0.2) is 4.39 Å². The Balaban J connectivity index is 2.21. The van der Waals surface area contributed by atoms with Crippen LogP contribution in [0.3, 0.4) is 0 Å². The van der Waals surface area contributed by atoms with Crippen LogP contribution in [-0.2, 0) is 16.1 Å². The van der Waals surface area contributed by atoms with E-state index in [1.54, 1.807) is 37.3 Å². The predicted molar refractivity (Wildman–Crippen MR) is 121 cm³/mol. The lowest BCUT2D eigenvalue weighted by molar-refractivity contribution is -0.142. The van der Waals surface area contributed by atoms with Gasteiger partial charge in [-0.15, -0.1) is 0 Å². The normalized spacial score (nSPS) is 12.7. The van der Waals surface area contributed by atoms with E-state index in [0.29, 0.717) is 16.3 Å². The number of carbonyl (C=O) groups excluding carboxylic acids is 2. The van der Waals surface area contributed by atoms with Gasteiger partial charge in [-0.1, -0.05) is 36.7 Å². The van der Waals surface area contributed by atoms with Crippen molar-refractivity contribution in [1.29, 1.82) is 0 Å². The molecular weight excluding hydrogens is 419 g/mol. The Morgan fingerprint density at radius 3 is 2.35 bits per heavy atom. The number of hydrogen-bond acceptors (Lipinski definition) is 3. The van der Waals surface area contributed by atoms with Crippen molar-refractivity contribution in [3.05, 3.63) is 63.9 Å². The third-order valence-corrected chi connectivity index (χ3v) is 5.84. The zero-order valence-corrected chi connectivity index (χ0v) is 19.4. The van der Waals surface area contributed by atoms with E-state index >= 15 is 0 Å². The first-order valence-corrected chi connectivity index (χ1v) is 10.7. The molecule has 5 nitrogen and oxygen atoms in total. The number of aryl methyl sites for hydroxylation is 2. The molecule has 2 rings (SSSR count). The molecule has 2 amide bonds. The molecule has 0 heterocycles. The second-order valence-electron chi connectivity index (χ2n) is 7.77. The van der Waals surface area contributed by atoms with Crippen molar-refractivity contribution >= 4 is 23.4 Å². The minimum Gasteiger partial charge on any atom is -0.484 e. The number of hydrogen-bond donors (Lipinski definition) is 1. The highest BCUT2D eigenvalue weighted by atomic mass is 35.5. The predicted octanol–water partition coefficient (Wildman–Crippen LogP) is 4.81. The first kappa shape index (κ1) is 24.7. The maximum atomic E-state index is 14.2. The first-order chi connectivity index (χ1) is 14.6. The monoisotopic (exact) mass is 448 g/mol. The van der Waals surface area contributed by atoms with E-state index < -0.39 is 17.8 Å². The molecule has 168 valence electrons. The summed E-state index contributed by atoms with van der Waals surface area (Å²) in [5.74, 6) is -0.632. The topological polar surface area (TPSA) is 58.6 Å². The number of nitrogens with zero attached hydrogens (tertiary/aromatic N) is 1. The summed E-state index contributed by atoms with van der Waals surface area (Å²) < 4.78 is 19.9. The third kappa shape index (κ3) is 6.69. The Bertz CT molecular complexity index is 912. The fourth-order valence-electron chi connectivity index (χ4n) is 3.08. The molecule has 0 radical (unpaired) electrons. The van der Waals surface area contributed by atoms with Crippen molar-refractivity contribution in [2.24, 2.45) is 0 Å². The van der Waals surface area contributed by atoms with Crippen LogP contribution in [0.4, 0.5) is 4.39 Å². The average molecular weight is 449 g/mol. The number of amides is 2. The minimum absolute atomic E-state index is 0.0309. The highest BCUT2D eigenvalue weighted by Crippen LogP contribution is 2.26. The van der Waals surface area contributed by atoms with Gasteiger partial charge in [-0.2, -0.15) is 0 Å². The van der Waals surface area contributed by atoms with Crippen LogP contribution < -0.4 is 10.1 Å². The Labute approximate surface area is 188 Å². The third-order valence-electron chi connectivity index (χ3n) is 5.24. The van der Waals surface area contributed by atoms with Gasteiger partial charge in [0.2, 0.25) is 5.91 Å². The van der Waals surface area contributed by atoms with Crippen molar-refractivity contribution < 1.29 is 18.7 Å². The molecule has 1 N–H and O–H groups in total. The van der Waals surface area contributed by atoms with Crippen LogP contribution in [0.1, 0.15) is 43.9 Å². The van der Waals surface area contributed by atoms with E-state index in [4.69, 9.17) is 16.3 Å². The highest BCUT2D eigenvalue weighted by molar-refractivity contribution is 6.32. The number of halogens is 2. The Morgan fingerprint density at radius 1 is 1.16 bits per heavy atom. The quantitative estimate of drug-likeness (QED) is 0.599. The molecule has 0 aliphatic heterocycles. The molecule has 0 unspecified atom stereocenters. The van der Waals surface area contributed by atoms with Crippen molar-refractivity contribution in [2.45, 2.75) is 59.7 Å². The minimum atomic E-state index is -0.793. The second-order valence-corrected chi connectivity index (χ2v) is 8.14. The molecule has 0 aliphatic rings. The zero-order chi connectivity index (χ0) is 23.1. The van der Waals surface area contributed by atoms with Crippen LogP contribution in [0.15, 0.2) is 36.4 Å². The maximum Gasteiger partial charge on any atom is 0.261 e. The van der Waals surface area contributed by atoms with Gasteiger partial charge < -0.3 is 15.0 Å². The van der Waals surface area contributed by atoms with E-state index in [1.807, 2.05) is 27.7 Å². The fraction of sp³-hybridized carbons (Fsp3) is 0.417. The average Bonchev–Trinajstić information content (AvgIpc) is 2.74. The van der Waals surface area contributed by atoms with Gasteiger partial charge in [0.05, 0.1) is 0 Å². The lowest BCUT2D eigenvalue weighted by atomic mass is 10.1. The number of carbonyl (C=O) groups is 2. The Morgan fingerprint density at radius 2 is 1.77 bits per heavy atom. The molecule has 2 aromatic rings. The van der Waals surface area contributed by atoms with E-state index in [2.05, 4.69) is 5.32 Å². The maximum absolute atomic E-state index is 14.2. The SMILES string of the molecule is CC[C@H](C)NC(=O)[C@@H](C)N(Cc1ccccc1F)C(=O)COc1cc(C)c(Cl)c(C)c1. The van der Waals surface area contributed by atoms with Crippen molar-refractivity contribution in [2.75, 3.05) is 6.61 Å². The molecule has 0 saturated heterocycles. The molecular formula is C24H30ClFN2O3. The number of rotatable bonds is 9. The van der Waals surface area contributed by atoms with Gasteiger partial charge >= 0.3 is 0 Å². The summed E-state index contributed by atoms with van der Waals surface area (Å²) in [6.45, 7) is 8.88. The van der Waals surface area contributed by atoms with Crippen molar-refractivity contribution in [3.63, 3.8) is 0 Å². The summed E-state index contributed by atoms with van der Waals surface area (Å²) in [5, 5.41) is 3.53. The molecule has 31 heavy (non-hydrogen) atoms. The van der Waals surface area contributed by atoms with Gasteiger partial charge in [0.15, 0.2) is 6.61 Å². The molecule has 7 heteroatoms. The zero-order valence-electron chi connectivity index (χ0n) is 18.7. The van der Waals surface area contributed by atoms with Gasteiger partial charge in [0.25, 0.3) is 5.91 Å². The molecule has 0 aliphatic carbocycles. The summed E-state index contributed by atoms with van der Waals surface area (Å²) >= 11 is 6.19. The van der Waals surface area contributed by atoms with Gasteiger partial charge in [-0.3, -0.25) is 9.59 Å². The van der Waals surface area contributed by atoms with Crippen LogP contribution in [0.5, 0.6) is 5.75 Å². The highest BCUT2D eigenvalue weighted by Gasteiger charge is 2.28. The van der Waals surface area contributed by atoms with Crippen LogP contribution in [0.2, 0.25) is 5.02 Å². The van der Waals surface area contributed by atoms with Crippen molar-refractivity contribution in [1.82, 2.24) is 10.2 Å². The van der Waals surface area contributed by atoms with Gasteiger partial charge in [0.1, 0.15) is 17.6 Å². The summed E-state index contributed by atoms with van der Waals surface area (Å²) in [7, 11) is 0. The number of benzene rings is 2. The lowest BCUT2D eigenvalue weighted by Crippen LogP contribution is -2.50. The van der Waals surface area contributed by atoms with E-state index in [9.17, 15) is 14.0 Å². The summed E-state index contributed by atoms with van der Waals surface area (Å²) in [6, 6.07) is 8.89. The molecule has 0 saturated carbocycles. The Kier molecular flexibility index (Phi) is 8.87. The summed E-state index contributed by atoms with van der Waals surface area (Å²) in [6.07, 6.45) is 0.762. The molecule has 0 fully saturated rings. The largest absolute Gasteiger partial charge is 0.484 e. The second kappa shape index (κ2) is 11.1. The Hall–Kier alpha value is -2.60. The molecule has 0 spiro atoms. The smallest absolute Gasteiger partial charge is 0.261 e. The van der Waals surface area contributed by atoms with E-state index in [-0.39, 0.29) is 25.1 Å². The van der Waals surface area contributed by atoms with Crippen molar-refractivity contribution in [3.8, 4) is 5.75 Å². The van der Waals surface area contributed by atoms with Gasteiger partial charge in [-0.05, 0) is 63.4 Å². The summed E-state index contributed by atoms with van der Waals surface area (Å²) in [5.41, 5.74) is 2.01. The van der Waals surface area contributed by atoms with Crippen LogP contribution >= 0.6 is 11.6 Å². The molecule has 2 atom stereocenters. The molecule has 0 aromatic heterocycles. The summed E-state index contributed by atoms with van der Waals surface area (Å²) in [4.78, 5) is 27.1. The molecule has 0 bridgehead atoms. The van der Waals surface area contributed by atoms with Gasteiger partial charge in [0, 0.05) is 23.2 Å². The van der Waals surface area contributed by atoms with Crippen LogP contribution in [0, 0.1) is 19.7 Å². The van der Waals surface area contributed by atoms with E-state index in [1.165, 1.54) is 11.0 Å². The number of nitrogens with one attached hydrogen (secondary N) is 1. The van der Waals surface area contributed by atoms with E-state index in [0.717, 1.165) is 17.5 Å². The standard InChI is InChI=1S/C24H30ClFN2O3/c1-6-17(4)27-24(30)18(5)28(13-19-9-7-8-10-21(19)26)22(29)14-31-20-11-15(2)23(25)16(3)12-20/h7-12,17-18H,6,13-14H2,1-5H3,(H,27,30)/t17-,18+/m0/s1. The first-order valence-electron chi connectivity index (χ1n) is 10.4. The fourth-order valence-corrected chi connectivity index (χ4v) is 3.18. The molecule has 2 aromatic carbocycles. The van der Waals surface area contributed by atoms with Crippen LogP contribution in [0.25, 0.3) is 0 Å². The lowest BCUT2D eigenvalue weighted by Gasteiger charge is -2.29.